The molecule has 29 heavy (non-hydrogen) atoms. The quantitative estimate of drug-likeness (QED) is 0.265. The first-order valence-corrected chi connectivity index (χ1v) is 9.34. The maximum Gasteiger partial charge on any atom is 0.349 e. The predicted molar refractivity (Wildman–Crippen MR) is 105 cm³/mol. The van der Waals surface area contributed by atoms with Gasteiger partial charge in [0.25, 0.3) is 0 Å². The minimum absolute atomic E-state index is 0.133. The summed E-state index contributed by atoms with van der Waals surface area (Å²) in [7, 11) is 0. The summed E-state index contributed by atoms with van der Waals surface area (Å²) >= 11 is 0. The third-order valence-electron chi connectivity index (χ3n) is 4.12. The summed E-state index contributed by atoms with van der Waals surface area (Å²) in [4.78, 5) is 34.2. The van der Waals surface area contributed by atoms with Crippen LogP contribution in [-0.2, 0) is 19.1 Å². The van der Waals surface area contributed by atoms with Crippen molar-refractivity contribution in [1.29, 1.82) is 5.26 Å². The molecule has 0 aliphatic carbocycles. The van der Waals surface area contributed by atoms with E-state index in [2.05, 4.69) is 21.4 Å². The van der Waals surface area contributed by atoms with E-state index in [1.165, 1.54) is 6.08 Å². The molecule has 9 nitrogen and oxygen atoms in total. The fourth-order valence-corrected chi connectivity index (χ4v) is 2.71. The van der Waals surface area contributed by atoms with Crippen molar-refractivity contribution in [3.63, 3.8) is 0 Å². The molecule has 0 amide bonds. The number of hydrogen-bond acceptors (Lipinski definition) is 9. The third kappa shape index (κ3) is 6.04. The number of anilines is 1. The molecule has 0 aromatic carbocycles. The normalized spacial score (nSPS) is 13.6. The molecule has 1 aliphatic rings. The fourth-order valence-electron chi connectivity index (χ4n) is 2.71. The van der Waals surface area contributed by atoms with Crippen LogP contribution in [0, 0.1) is 18.3 Å². The van der Waals surface area contributed by atoms with Crippen LogP contribution in [0.2, 0.25) is 0 Å². The van der Waals surface area contributed by atoms with E-state index >= 15 is 0 Å². The van der Waals surface area contributed by atoms with Crippen molar-refractivity contribution in [2.24, 2.45) is 0 Å². The number of carbonyl (C=O) groups is 2. The van der Waals surface area contributed by atoms with Crippen LogP contribution < -0.4 is 9.64 Å². The number of aryl methyl sites for hydroxylation is 1. The molecule has 0 unspecified atom stereocenters. The van der Waals surface area contributed by atoms with Crippen molar-refractivity contribution in [3.05, 3.63) is 29.5 Å². The molecule has 1 saturated heterocycles. The van der Waals surface area contributed by atoms with Crippen molar-refractivity contribution < 1.29 is 23.8 Å². The molecule has 0 radical (unpaired) electrons. The van der Waals surface area contributed by atoms with Gasteiger partial charge in [0, 0.05) is 19.2 Å². The van der Waals surface area contributed by atoms with E-state index in [1.807, 2.05) is 13.0 Å². The van der Waals surface area contributed by atoms with Gasteiger partial charge in [-0.05, 0) is 32.8 Å². The summed E-state index contributed by atoms with van der Waals surface area (Å²) in [5, 5.41) is 9.37. The number of nitrogens with zero attached hydrogens (tertiary/aromatic N) is 4. The zero-order chi connectivity index (χ0) is 21.2. The van der Waals surface area contributed by atoms with E-state index in [1.54, 1.807) is 6.92 Å². The second-order valence-electron chi connectivity index (χ2n) is 6.13. The Kier molecular flexibility index (Phi) is 8.15. The molecule has 0 atom stereocenters. The van der Waals surface area contributed by atoms with Crippen LogP contribution in [0.3, 0.4) is 0 Å². The molecule has 0 N–H and O–H groups in total. The largest absolute Gasteiger partial charge is 0.477 e. The monoisotopic (exact) mass is 400 g/mol. The van der Waals surface area contributed by atoms with Gasteiger partial charge in [-0.15, -0.1) is 0 Å². The molecular formula is C20H24N4O5. The predicted octanol–water partition coefficient (Wildman–Crippen LogP) is 1.96. The van der Waals surface area contributed by atoms with Crippen molar-refractivity contribution in [3.8, 4) is 11.9 Å². The average Bonchev–Trinajstić information content (AvgIpc) is 3.25. The number of carbonyl (C=O) groups excluding carboxylic acids is 2. The summed E-state index contributed by atoms with van der Waals surface area (Å²) in [6.45, 7) is 8.68. The van der Waals surface area contributed by atoms with Crippen LogP contribution in [-0.4, -0.2) is 54.8 Å². The van der Waals surface area contributed by atoms with E-state index in [0.29, 0.717) is 29.7 Å². The smallest absolute Gasteiger partial charge is 0.349 e. The highest BCUT2D eigenvalue weighted by atomic mass is 16.6. The van der Waals surface area contributed by atoms with Gasteiger partial charge in [-0.25, -0.2) is 14.6 Å². The van der Waals surface area contributed by atoms with E-state index in [0.717, 1.165) is 32.0 Å². The van der Waals surface area contributed by atoms with Crippen LogP contribution in [0.25, 0.3) is 6.08 Å². The molecular weight excluding hydrogens is 376 g/mol. The highest BCUT2D eigenvalue weighted by Gasteiger charge is 2.20. The third-order valence-corrected chi connectivity index (χ3v) is 4.12. The number of aromatic nitrogens is 2. The van der Waals surface area contributed by atoms with Gasteiger partial charge in [-0.1, -0.05) is 6.58 Å². The van der Waals surface area contributed by atoms with Gasteiger partial charge in [0.2, 0.25) is 11.8 Å². The second kappa shape index (κ2) is 10.8. The van der Waals surface area contributed by atoms with Gasteiger partial charge in [0.05, 0.1) is 17.9 Å². The minimum atomic E-state index is -0.840. The maximum absolute atomic E-state index is 12.2. The molecule has 2 heterocycles. The second-order valence-corrected chi connectivity index (χ2v) is 6.13. The van der Waals surface area contributed by atoms with Crippen LogP contribution in [0.15, 0.2) is 18.2 Å². The molecule has 1 aromatic heterocycles. The summed E-state index contributed by atoms with van der Waals surface area (Å²) in [5.74, 6) is -0.579. The number of ether oxygens (including phenoxy) is 3. The van der Waals surface area contributed by atoms with Crippen molar-refractivity contribution in [1.82, 2.24) is 9.97 Å². The summed E-state index contributed by atoms with van der Waals surface area (Å²) in [6.07, 6.45) is 4.53. The van der Waals surface area contributed by atoms with Crippen LogP contribution in [0.5, 0.6) is 5.88 Å². The summed E-state index contributed by atoms with van der Waals surface area (Å²) < 4.78 is 15.3. The Morgan fingerprint density at radius 1 is 1.24 bits per heavy atom. The molecule has 1 aliphatic heterocycles. The van der Waals surface area contributed by atoms with E-state index in [4.69, 9.17) is 14.2 Å². The van der Waals surface area contributed by atoms with E-state index in [9.17, 15) is 14.9 Å². The Morgan fingerprint density at radius 2 is 1.93 bits per heavy atom. The van der Waals surface area contributed by atoms with Crippen molar-refractivity contribution in [2.75, 3.05) is 37.8 Å². The first-order chi connectivity index (χ1) is 14.0. The van der Waals surface area contributed by atoms with Gasteiger partial charge in [-0.2, -0.15) is 10.2 Å². The van der Waals surface area contributed by atoms with Crippen molar-refractivity contribution in [2.45, 2.75) is 26.7 Å². The molecule has 0 saturated carbocycles. The van der Waals surface area contributed by atoms with E-state index < -0.39 is 11.9 Å². The molecule has 0 spiro atoms. The number of esters is 2. The Morgan fingerprint density at radius 3 is 2.55 bits per heavy atom. The number of rotatable bonds is 9. The first-order valence-electron chi connectivity index (χ1n) is 9.34. The molecule has 2 rings (SSSR count). The van der Waals surface area contributed by atoms with E-state index in [-0.39, 0.29) is 18.8 Å². The summed E-state index contributed by atoms with van der Waals surface area (Å²) in [6, 6.07) is 1.82. The highest BCUT2D eigenvalue weighted by Crippen LogP contribution is 2.26. The van der Waals surface area contributed by atoms with Crippen molar-refractivity contribution >= 4 is 24.0 Å². The van der Waals surface area contributed by atoms with Gasteiger partial charge >= 0.3 is 11.9 Å². The Hall–Kier alpha value is -3.41. The number of hydrogen-bond donors (Lipinski definition) is 0. The minimum Gasteiger partial charge on any atom is -0.477 e. The number of nitriles is 1. The lowest BCUT2D eigenvalue weighted by atomic mass is 10.1. The SMILES string of the molecule is C=CC(=O)OCCOC(=O)/C(C#N)=C/c1c(C)nc(N2CCCC2)nc1OCC. The topological polar surface area (TPSA) is 115 Å². The lowest BCUT2D eigenvalue weighted by molar-refractivity contribution is -0.146. The zero-order valence-corrected chi connectivity index (χ0v) is 16.6. The lowest BCUT2D eigenvalue weighted by Crippen LogP contribution is -2.21. The molecule has 1 aromatic rings. The van der Waals surface area contributed by atoms with Crippen LogP contribution >= 0.6 is 0 Å². The first kappa shape index (κ1) is 21.9. The van der Waals surface area contributed by atoms with Crippen LogP contribution in [0.4, 0.5) is 5.95 Å². The molecule has 1 fully saturated rings. The standard InChI is InChI=1S/C20H24N4O5/c1-4-17(25)28-10-11-29-19(26)15(13-21)12-16-14(3)22-20(23-18(16)27-5-2)24-8-6-7-9-24/h4,12H,1,5-11H2,2-3H3/b15-12+. The zero-order valence-electron chi connectivity index (χ0n) is 16.6. The van der Waals surface area contributed by atoms with Gasteiger partial charge in [0.15, 0.2) is 0 Å². The van der Waals surface area contributed by atoms with Crippen LogP contribution in [0.1, 0.15) is 31.0 Å². The Balaban J connectivity index is 2.20. The maximum atomic E-state index is 12.2. The Labute approximate surface area is 169 Å². The lowest BCUT2D eigenvalue weighted by Gasteiger charge is -2.18. The van der Waals surface area contributed by atoms with Gasteiger partial charge in [0.1, 0.15) is 24.9 Å². The fraction of sp³-hybridized carbons (Fsp3) is 0.450. The average molecular weight is 400 g/mol. The van der Waals surface area contributed by atoms with Gasteiger partial charge < -0.3 is 19.1 Å². The highest BCUT2D eigenvalue weighted by molar-refractivity contribution is 5.98. The molecule has 9 heteroatoms. The summed E-state index contributed by atoms with van der Waals surface area (Å²) in [5.41, 5.74) is 0.800. The Bertz CT molecular complexity index is 838. The van der Waals surface area contributed by atoms with Gasteiger partial charge in [-0.3, -0.25) is 0 Å². The molecule has 0 bridgehead atoms. The molecule has 154 valence electrons.